The van der Waals surface area contributed by atoms with Gasteiger partial charge in [-0.2, -0.15) is 5.26 Å². The lowest BCUT2D eigenvalue weighted by Gasteiger charge is -2.22. The normalized spacial score (nSPS) is 12.8. The molecule has 1 aliphatic heterocycles. The minimum absolute atomic E-state index is 0.330. The SMILES string of the molecule is N#CCN1C=Nc2cccc3cccc1c23. The highest BCUT2D eigenvalue weighted by atomic mass is 15.2. The number of nitrogens with zero attached hydrogens (tertiary/aromatic N) is 3. The van der Waals surface area contributed by atoms with Crippen molar-refractivity contribution in [1.82, 2.24) is 0 Å². The number of nitriles is 1. The Morgan fingerprint density at radius 1 is 1.19 bits per heavy atom. The van der Waals surface area contributed by atoms with Crippen LogP contribution in [0, 0.1) is 11.3 Å². The third-order valence-corrected chi connectivity index (χ3v) is 2.75. The van der Waals surface area contributed by atoms with E-state index in [9.17, 15) is 0 Å². The van der Waals surface area contributed by atoms with Crippen LogP contribution in [0.25, 0.3) is 10.8 Å². The van der Waals surface area contributed by atoms with Gasteiger partial charge < -0.3 is 4.90 Å². The molecular weight excluding hydrogens is 198 g/mol. The predicted octanol–water partition coefficient (Wildman–Crippen LogP) is 2.84. The van der Waals surface area contributed by atoms with E-state index in [0.717, 1.165) is 22.1 Å². The molecule has 2 aromatic rings. The molecular formula is C13H9N3. The Labute approximate surface area is 93.2 Å². The molecule has 0 bridgehead atoms. The zero-order valence-electron chi connectivity index (χ0n) is 8.59. The van der Waals surface area contributed by atoms with Gasteiger partial charge in [0.1, 0.15) is 6.54 Å². The van der Waals surface area contributed by atoms with Gasteiger partial charge in [-0.25, -0.2) is 4.99 Å². The molecule has 1 heterocycles. The van der Waals surface area contributed by atoms with Crippen LogP contribution in [0.3, 0.4) is 0 Å². The molecule has 16 heavy (non-hydrogen) atoms. The molecule has 0 aliphatic carbocycles. The van der Waals surface area contributed by atoms with Crippen molar-refractivity contribution >= 4 is 28.5 Å². The summed E-state index contributed by atoms with van der Waals surface area (Å²) in [6, 6.07) is 14.3. The summed E-state index contributed by atoms with van der Waals surface area (Å²) in [4.78, 5) is 6.23. The van der Waals surface area contributed by atoms with Crippen molar-refractivity contribution in [3.63, 3.8) is 0 Å². The van der Waals surface area contributed by atoms with Gasteiger partial charge in [0.2, 0.25) is 0 Å². The zero-order chi connectivity index (χ0) is 11.0. The zero-order valence-corrected chi connectivity index (χ0v) is 8.59. The van der Waals surface area contributed by atoms with E-state index in [1.807, 2.05) is 29.2 Å². The van der Waals surface area contributed by atoms with Gasteiger partial charge in [-0.05, 0) is 17.5 Å². The summed E-state index contributed by atoms with van der Waals surface area (Å²) in [6.07, 6.45) is 1.72. The van der Waals surface area contributed by atoms with E-state index in [4.69, 9.17) is 5.26 Å². The second-order valence-corrected chi connectivity index (χ2v) is 3.68. The summed E-state index contributed by atoms with van der Waals surface area (Å²) in [7, 11) is 0. The first-order chi connectivity index (χ1) is 7.90. The smallest absolute Gasteiger partial charge is 0.111 e. The van der Waals surface area contributed by atoms with Gasteiger partial charge in [0.15, 0.2) is 0 Å². The van der Waals surface area contributed by atoms with Gasteiger partial charge >= 0.3 is 0 Å². The highest BCUT2D eigenvalue weighted by Gasteiger charge is 2.14. The minimum atomic E-state index is 0.330. The van der Waals surface area contributed by atoms with E-state index in [-0.39, 0.29) is 0 Å². The molecule has 0 radical (unpaired) electrons. The monoisotopic (exact) mass is 207 g/mol. The molecule has 0 saturated carbocycles. The fourth-order valence-corrected chi connectivity index (χ4v) is 2.04. The molecule has 0 spiro atoms. The van der Waals surface area contributed by atoms with E-state index >= 15 is 0 Å². The second-order valence-electron chi connectivity index (χ2n) is 3.68. The summed E-state index contributed by atoms with van der Waals surface area (Å²) in [5.74, 6) is 0. The molecule has 0 aromatic heterocycles. The highest BCUT2D eigenvalue weighted by Crippen LogP contribution is 2.36. The van der Waals surface area contributed by atoms with E-state index in [0.29, 0.717) is 6.54 Å². The maximum absolute atomic E-state index is 8.77. The Morgan fingerprint density at radius 2 is 2.00 bits per heavy atom. The largest absolute Gasteiger partial charge is 0.318 e. The standard InChI is InChI=1S/C13H9N3/c14-7-8-16-9-15-11-5-1-3-10-4-2-6-12(16)13(10)11/h1-6,9H,8H2. The number of hydrogen-bond acceptors (Lipinski definition) is 3. The van der Waals surface area contributed by atoms with E-state index in [1.165, 1.54) is 0 Å². The van der Waals surface area contributed by atoms with Crippen LogP contribution in [0.15, 0.2) is 41.4 Å². The van der Waals surface area contributed by atoms with E-state index in [2.05, 4.69) is 23.2 Å². The van der Waals surface area contributed by atoms with Crippen molar-refractivity contribution < 1.29 is 0 Å². The number of hydrogen-bond donors (Lipinski definition) is 0. The van der Waals surface area contributed by atoms with Crippen LogP contribution < -0.4 is 4.90 Å². The first-order valence-corrected chi connectivity index (χ1v) is 5.10. The number of rotatable bonds is 1. The topological polar surface area (TPSA) is 39.4 Å². The van der Waals surface area contributed by atoms with Crippen LogP contribution in [0.4, 0.5) is 11.4 Å². The molecule has 0 N–H and O–H groups in total. The van der Waals surface area contributed by atoms with Gasteiger partial charge in [-0.15, -0.1) is 0 Å². The number of aliphatic imine (C=N–C) groups is 1. The van der Waals surface area contributed by atoms with Crippen LogP contribution in [0.1, 0.15) is 0 Å². The Morgan fingerprint density at radius 3 is 2.81 bits per heavy atom. The fourth-order valence-electron chi connectivity index (χ4n) is 2.04. The Bertz CT molecular complexity index is 617. The maximum Gasteiger partial charge on any atom is 0.111 e. The van der Waals surface area contributed by atoms with Crippen LogP contribution in [0.5, 0.6) is 0 Å². The first kappa shape index (κ1) is 8.93. The van der Waals surface area contributed by atoms with Crippen LogP contribution >= 0.6 is 0 Å². The van der Waals surface area contributed by atoms with Gasteiger partial charge in [-0.3, -0.25) is 0 Å². The van der Waals surface area contributed by atoms with E-state index < -0.39 is 0 Å². The van der Waals surface area contributed by atoms with Crippen LogP contribution in [-0.2, 0) is 0 Å². The van der Waals surface area contributed by atoms with Gasteiger partial charge in [0.05, 0.1) is 23.8 Å². The van der Waals surface area contributed by atoms with Crippen molar-refractivity contribution in [1.29, 1.82) is 5.26 Å². The Balaban J connectivity index is 2.32. The summed E-state index contributed by atoms with van der Waals surface area (Å²) < 4.78 is 0. The lowest BCUT2D eigenvalue weighted by molar-refractivity contribution is 1.16. The van der Waals surface area contributed by atoms with Crippen molar-refractivity contribution in [2.24, 2.45) is 4.99 Å². The first-order valence-electron chi connectivity index (χ1n) is 5.10. The molecule has 0 fully saturated rings. The molecule has 3 nitrogen and oxygen atoms in total. The predicted molar refractivity (Wildman–Crippen MR) is 65.1 cm³/mol. The molecule has 1 aliphatic rings. The van der Waals surface area contributed by atoms with Crippen molar-refractivity contribution in [2.75, 3.05) is 11.4 Å². The number of anilines is 1. The summed E-state index contributed by atoms with van der Waals surface area (Å²) >= 11 is 0. The van der Waals surface area contributed by atoms with Gasteiger partial charge in [-0.1, -0.05) is 24.3 Å². The molecule has 3 rings (SSSR count). The Hall–Kier alpha value is -2.34. The van der Waals surface area contributed by atoms with Gasteiger partial charge in [0.25, 0.3) is 0 Å². The average molecular weight is 207 g/mol. The minimum Gasteiger partial charge on any atom is -0.318 e. The average Bonchev–Trinajstić information content (AvgIpc) is 2.33. The number of benzene rings is 2. The lowest BCUT2D eigenvalue weighted by atomic mass is 10.1. The van der Waals surface area contributed by atoms with Gasteiger partial charge in [0, 0.05) is 5.39 Å². The summed E-state index contributed by atoms with van der Waals surface area (Å²) in [5, 5.41) is 11.1. The fraction of sp³-hybridized carbons (Fsp3) is 0.0769. The van der Waals surface area contributed by atoms with Crippen molar-refractivity contribution in [3.05, 3.63) is 36.4 Å². The highest BCUT2D eigenvalue weighted by molar-refractivity contribution is 6.09. The molecule has 76 valence electrons. The summed E-state index contributed by atoms with van der Waals surface area (Å²) in [5.41, 5.74) is 2.03. The molecule has 0 saturated heterocycles. The molecule has 0 amide bonds. The van der Waals surface area contributed by atoms with Crippen LogP contribution in [-0.4, -0.2) is 12.9 Å². The molecule has 2 aromatic carbocycles. The lowest BCUT2D eigenvalue weighted by Crippen LogP contribution is -2.23. The maximum atomic E-state index is 8.77. The second kappa shape index (κ2) is 3.35. The van der Waals surface area contributed by atoms with E-state index in [1.54, 1.807) is 6.34 Å². The molecule has 0 unspecified atom stereocenters. The Kier molecular flexibility index (Phi) is 1.87. The molecule has 0 atom stereocenters. The molecule has 3 heteroatoms. The quantitative estimate of drug-likeness (QED) is 0.674. The summed E-state index contributed by atoms with van der Waals surface area (Å²) in [6.45, 7) is 0.330. The third kappa shape index (κ3) is 1.17. The third-order valence-electron chi connectivity index (χ3n) is 2.75. The van der Waals surface area contributed by atoms with Crippen molar-refractivity contribution in [3.8, 4) is 6.07 Å². The van der Waals surface area contributed by atoms with Crippen LogP contribution in [0.2, 0.25) is 0 Å². The van der Waals surface area contributed by atoms with Crippen molar-refractivity contribution in [2.45, 2.75) is 0 Å².